The highest BCUT2D eigenvalue weighted by atomic mass is 28.4. The van der Waals surface area contributed by atoms with Crippen LogP contribution < -0.4 is 15.4 Å². The zero-order valence-corrected chi connectivity index (χ0v) is 19.9. The van der Waals surface area contributed by atoms with Crippen molar-refractivity contribution in [3.63, 3.8) is 0 Å². The van der Waals surface area contributed by atoms with Crippen LogP contribution in [0.3, 0.4) is 0 Å². The first kappa shape index (κ1) is 25.5. The summed E-state index contributed by atoms with van der Waals surface area (Å²) in [6.45, 7) is 7.77. The van der Waals surface area contributed by atoms with E-state index in [1.165, 1.54) is 0 Å². The summed E-state index contributed by atoms with van der Waals surface area (Å²) < 4.78 is 22.7. The molecule has 0 aliphatic heterocycles. The summed E-state index contributed by atoms with van der Waals surface area (Å²) in [6, 6.07) is 15.7. The van der Waals surface area contributed by atoms with Crippen LogP contribution in [0.25, 0.3) is 0 Å². The molecule has 8 nitrogen and oxygen atoms in total. The third-order valence-corrected chi connectivity index (χ3v) is 7.52. The highest BCUT2D eigenvalue weighted by Gasteiger charge is 2.39. The molecule has 0 bridgehead atoms. The van der Waals surface area contributed by atoms with E-state index in [1.54, 1.807) is 48.5 Å². The number of hydrogen-bond donors (Lipinski definition) is 2. The highest BCUT2D eigenvalue weighted by Crippen LogP contribution is 2.18. The SMILES string of the molecule is CCO[Si](CCCNC(=O)Nc1ccc(C(=O)Oc2ccccc2)cc1)(OCC)OCC. The van der Waals surface area contributed by atoms with Crippen molar-refractivity contribution in [3.05, 3.63) is 60.2 Å². The molecule has 2 amide bonds. The first-order valence-corrected chi connectivity index (χ1v) is 12.8. The van der Waals surface area contributed by atoms with Crippen LogP contribution in [0.5, 0.6) is 5.75 Å². The van der Waals surface area contributed by atoms with Gasteiger partial charge in [-0.1, -0.05) is 18.2 Å². The molecule has 0 aliphatic carbocycles. The van der Waals surface area contributed by atoms with Crippen molar-refractivity contribution in [2.24, 2.45) is 0 Å². The average Bonchev–Trinajstić information content (AvgIpc) is 2.78. The fourth-order valence-corrected chi connectivity index (χ4v) is 5.64. The van der Waals surface area contributed by atoms with Crippen LogP contribution in [-0.2, 0) is 13.3 Å². The minimum absolute atomic E-state index is 0.332. The van der Waals surface area contributed by atoms with E-state index in [-0.39, 0.29) is 6.03 Å². The van der Waals surface area contributed by atoms with E-state index >= 15 is 0 Å². The molecule has 0 unspecified atom stereocenters. The molecule has 0 fully saturated rings. The second kappa shape index (κ2) is 13.6. The topological polar surface area (TPSA) is 95.1 Å². The number of carbonyl (C=O) groups is 2. The number of rotatable bonds is 13. The summed E-state index contributed by atoms with van der Waals surface area (Å²) in [4.78, 5) is 24.4. The summed E-state index contributed by atoms with van der Waals surface area (Å²) in [5.41, 5.74) is 0.962. The third kappa shape index (κ3) is 8.43. The van der Waals surface area contributed by atoms with Gasteiger partial charge in [-0.2, -0.15) is 0 Å². The van der Waals surface area contributed by atoms with E-state index in [4.69, 9.17) is 18.0 Å². The minimum Gasteiger partial charge on any atom is -0.423 e. The van der Waals surface area contributed by atoms with Gasteiger partial charge in [0.15, 0.2) is 0 Å². The van der Waals surface area contributed by atoms with Crippen LogP contribution in [0.1, 0.15) is 37.6 Å². The Balaban J connectivity index is 1.78. The number of amides is 2. The normalized spacial score (nSPS) is 11.1. The van der Waals surface area contributed by atoms with Crippen molar-refractivity contribution >= 4 is 26.5 Å². The molecule has 0 spiro atoms. The Kier molecular flexibility index (Phi) is 10.9. The van der Waals surface area contributed by atoms with Gasteiger partial charge in [0.1, 0.15) is 5.75 Å². The van der Waals surface area contributed by atoms with Crippen LogP contribution in [0.15, 0.2) is 54.6 Å². The Bertz CT molecular complexity index is 815. The van der Waals surface area contributed by atoms with E-state index in [0.717, 1.165) is 0 Å². The van der Waals surface area contributed by atoms with Crippen molar-refractivity contribution < 1.29 is 27.6 Å². The molecule has 174 valence electrons. The van der Waals surface area contributed by atoms with Gasteiger partial charge in [0.2, 0.25) is 0 Å². The van der Waals surface area contributed by atoms with Gasteiger partial charge < -0.3 is 28.6 Å². The maximum atomic E-state index is 12.2. The van der Waals surface area contributed by atoms with Gasteiger partial charge in [0, 0.05) is 38.1 Å². The van der Waals surface area contributed by atoms with Gasteiger partial charge >= 0.3 is 20.8 Å². The molecule has 2 N–H and O–H groups in total. The molecule has 2 aromatic rings. The Morgan fingerprint density at radius 1 is 0.844 bits per heavy atom. The number of nitrogens with one attached hydrogen (secondary N) is 2. The lowest BCUT2D eigenvalue weighted by molar-refractivity contribution is 0.0706. The molecule has 0 heterocycles. The van der Waals surface area contributed by atoms with Gasteiger partial charge in [-0.25, -0.2) is 9.59 Å². The van der Waals surface area contributed by atoms with Crippen LogP contribution >= 0.6 is 0 Å². The van der Waals surface area contributed by atoms with E-state index < -0.39 is 14.8 Å². The molecule has 0 aliphatic rings. The summed E-state index contributed by atoms with van der Waals surface area (Å²) in [6.07, 6.45) is 0.671. The lowest BCUT2D eigenvalue weighted by Crippen LogP contribution is -2.46. The highest BCUT2D eigenvalue weighted by molar-refractivity contribution is 6.60. The summed E-state index contributed by atoms with van der Waals surface area (Å²) in [7, 11) is -2.70. The standard InChI is InChI=1S/C23H32N2O6Si/c1-4-28-32(29-5-2,30-6-3)18-10-17-24-23(27)25-20-15-13-19(14-16-20)22(26)31-21-11-8-7-9-12-21/h7-9,11-16H,4-6,10,17-18H2,1-3H3,(H2,24,25,27). The zero-order chi connectivity index (χ0) is 23.2. The van der Waals surface area contributed by atoms with Gasteiger partial charge in [-0.05, 0) is 63.6 Å². The second-order valence-corrected chi connectivity index (χ2v) is 9.48. The Labute approximate surface area is 190 Å². The molecule has 0 saturated carbocycles. The molecule has 0 aromatic heterocycles. The van der Waals surface area contributed by atoms with E-state index in [9.17, 15) is 9.59 Å². The first-order chi connectivity index (χ1) is 15.5. The number of hydrogen-bond acceptors (Lipinski definition) is 6. The van der Waals surface area contributed by atoms with Gasteiger partial charge in [-0.15, -0.1) is 0 Å². The number of esters is 1. The lowest BCUT2D eigenvalue weighted by Gasteiger charge is -2.28. The number of urea groups is 1. The van der Waals surface area contributed by atoms with Crippen molar-refractivity contribution in [1.29, 1.82) is 0 Å². The number of carbonyl (C=O) groups excluding carboxylic acids is 2. The Hall–Kier alpha value is -2.72. The fraction of sp³-hybridized carbons (Fsp3) is 0.391. The third-order valence-electron chi connectivity index (χ3n) is 4.37. The molecular weight excluding hydrogens is 428 g/mol. The maximum Gasteiger partial charge on any atom is 0.500 e. The maximum absolute atomic E-state index is 12.2. The summed E-state index contributed by atoms with van der Waals surface area (Å²) in [5, 5.41) is 5.56. The van der Waals surface area contributed by atoms with E-state index in [2.05, 4.69) is 10.6 Å². The van der Waals surface area contributed by atoms with Crippen molar-refractivity contribution in [1.82, 2.24) is 5.32 Å². The number of para-hydroxylation sites is 1. The molecular formula is C23H32N2O6Si. The molecule has 32 heavy (non-hydrogen) atoms. The van der Waals surface area contributed by atoms with Gasteiger partial charge in [-0.3, -0.25) is 0 Å². The van der Waals surface area contributed by atoms with Crippen molar-refractivity contribution in [2.45, 2.75) is 33.2 Å². The van der Waals surface area contributed by atoms with Crippen LogP contribution in [-0.4, -0.2) is 47.2 Å². The molecule has 2 rings (SSSR count). The number of ether oxygens (including phenoxy) is 1. The fourth-order valence-electron chi connectivity index (χ4n) is 3.03. The Morgan fingerprint density at radius 3 is 2.00 bits per heavy atom. The molecule has 0 saturated heterocycles. The first-order valence-electron chi connectivity index (χ1n) is 10.9. The van der Waals surface area contributed by atoms with E-state index in [0.29, 0.717) is 55.8 Å². The summed E-state index contributed by atoms with van der Waals surface area (Å²) >= 11 is 0. The lowest BCUT2D eigenvalue weighted by atomic mass is 10.2. The quantitative estimate of drug-likeness (QED) is 0.198. The smallest absolute Gasteiger partial charge is 0.423 e. The van der Waals surface area contributed by atoms with Crippen molar-refractivity contribution in [2.75, 3.05) is 31.7 Å². The average molecular weight is 461 g/mol. The van der Waals surface area contributed by atoms with E-state index in [1.807, 2.05) is 26.8 Å². The monoisotopic (exact) mass is 460 g/mol. The van der Waals surface area contributed by atoms with Crippen LogP contribution in [0, 0.1) is 0 Å². The van der Waals surface area contributed by atoms with Crippen LogP contribution in [0.4, 0.5) is 10.5 Å². The summed E-state index contributed by atoms with van der Waals surface area (Å²) in [5.74, 6) is 0.0157. The van der Waals surface area contributed by atoms with Crippen molar-refractivity contribution in [3.8, 4) is 5.75 Å². The van der Waals surface area contributed by atoms with Gasteiger partial charge in [0.05, 0.1) is 5.56 Å². The second-order valence-electron chi connectivity index (χ2n) is 6.75. The predicted molar refractivity (Wildman–Crippen MR) is 125 cm³/mol. The minimum atomic E-state index is -2.70. The number of benzene rings is 2. The predicted octanol–water partition coefficient (Wildman–Crippen LogP) is 4.47. The Morgan fingerprint density at radius 2 is 1.44 bits per heavy atom. The largest absolute Gasteiger partial charge is 0.500 e. The number of anilines is 1. The molecule has 2 aromatic carbocycles. The van der Waals surface area contributed by atoms with Gasteiger partial charge in [0.25, 0.3) is 0 Å². The molecule has 0 radical (unpaired) electrons. The molecule has 0 atom stereocenters. The molecule has 9 heteroatoms. The zero-order valence-electron chi connectivity index (χ0n) is 18.9. The van der Waals surface area contributed by atoms with Crippen LogP contribution in [0.2, 0.25) is 6.04 Å².